The second kappa shape index (κ2) is 5.92. The van der Waals surface area contributed by atoms with Crippen molar-refractivity contribution in [2.75, 3.05) is 5.32 Å². The van der Waals surface area contributed by atoms with E-state index in [2.05, 4.69) is 36.6 Å². The Labute approximate surface area is 137 Å². The highest BCUT2D eigenvalue weighted by molar-refractivity contribution is 6.04. The number of rotatable bonds is 2. The molecule has 3 nitrogen and oxygen atoms in total. The third-order valence-electron chi connectivity index (χ3n) is 4.01. The van der Waals surface area contributed by atoms with Gasteiger partial charge in [0.25, 0.3) is 0 Å². The van der Waals surface area contributed by atoms with Crippen molar-refractivity contribution >= 4 is 17.3 Å². The monoisotopic (exact) mass is 306 g/mol. The Morgan fingerprint density at radius 1 is 1.13 bits per heavy atom. The molecule has 0 saturated heterocycles. The van der Waals surface area contributed by atoms with Crippen LogP contribution in [0.3, 0.4) is 0 Å². The van der Waals surface area contributed by atoms with Gasteiger partial charge in [-0.15, -0.1) is 0 Å². The molecular weight excluding hydrogens is 284 g/mol. The molecule has 0 aromatic heterocycles. The topological polar surface area (TPSA) is 41.1 Å². The van der Waals surface area contributed by atoms with E-state index in [0.29, 0.717) is 0 Å². The second-order valence-electron chi connectivity index (χ2n) is 6.76. The summed E-state index contributed by atoms with van der Waals surface area (Å²) < 4.78 is 0. The van der Waals surface area contributed by atoms with Crippen LogP contribution in [-0.4, -0.2) is 11.4 Å². The zero-order valence-corrected chi connectivity index (χ0v) is 13.8. The third kappa shape index (κ3) is 3.62. The van der Waals surface area contributed by atoms with Crippen LogP contribution in [0.4, 0.5) is 5.69 Å². The molecule has 2 aromatic rings. The molecule has 0 spiro atoms. The minimum Gasteiger partial charge on any atom is -0.379 e. The lowest BCUT2D eigenvalue weighted by atomic mass is 9.86. The summed E-state index contributed by atoms with van der Waals surface area (Å²) in [7, 11) is 0. The van der Waals surface area contributed by atoms with E-state index in [9.17, 15) is 4.79 Å². The quantitative estimate of drug-likeness (QED) is 0.826. The summed E-state index contributed by atoms with van der Waals surface area (Å²) in [5, 5.41) is 6.39. The predicted molar refractivity (Wildman–Crippen MR) is 95.1 cm³/mol. The van der Waals surface area contributed by atoms with Gasteiger partial charge < -0.3 is 10.6 Å². The first kappa shape index (κ1) is 15.3. The largest absolute Gasteiger partial charge is 0.379 e. The van der Waals surface area contributed by atoms with Gasteiger partial charge in [0.05, 0.1) is 0 Å². The molecule has 2 aromatic carbocycles. The average Bonchev–Trinajstić information content (AvgIpc) is 2.48. The van der Waals surface area contributed by atoms with Crippen LogP contribution >= 0.6 is 0 Å². The molecule has 1 aliphatic rings. The highest BCUT2D eigenvalue weighted by atomic mass is 16.1. The maximum absolute atomic E-state index is 12.4. The van der Waals surface area contributed by atoms with Crippen molar-refractivity contribution in [3.8, 4) is 0 Å². The van der Waals surface area contributed by atoms with Gasteiger partial charge in [-0.1, -0.05) is 42.0 Å². The summed E-state index contributed by atoms with van der Waals surface area (Å²) in [6.45, 7) is 6.32. The van der Waals surface area contributed by atoms with Crippen molar-refractivity contribution < 1.29 is 4.79 Å². The number of aryl methyl sites for hydroxylation is 1. The lowest BCUT2D eigenvalue weighted by molar-refractivity contribution is -0.111. The Hall–Kier alpha value is -2.55. The maximum atomic E-state index is 12.4. The van der Waals surface area contributed by atoms with Gasteiger partial charge in [0.2, 0.25) is 5.91 Å². The van der Waals surface area contributed by atoms with E-state index in [-0.39, 0.29) is 11.4 Å². The molecule has 1 amide bonds. The van der Waals surface area contributed by atoms with Crippen molar-refractivity contribution in [1.82, 2.24) is 5.32 Å². The van der Waals surface area contributed by atoms with Gasteiger partial charge in [-0.2, -0.15) is 0 Å². The van der Waals surface area contributed by atoms with E-state index in [4.69, 9.17) is 0 Å². The molecule has 0 fully saturated rings. The second-order valence-corrected chi connectivity index (χ2v) is 6.76. The van der Waals surface area contributed by atoms with Gasteiger partial charge in [0, 0.05) is 28.6 Å². The molecule has 1 heterocycles. The minimum absolute atomic E-state index is 0.0652. The van der Waals surface area contributed by atoms with Crippen LogP contribution in [0.25, 0.3) is 5.70 Å². The minimum atomic E-state index is -0.121. The Morgan fingerprint density at radius 2 is 1.83 bits per heavy atom. The zero-order chi connectivity index (χ0) is 16.4. The van der Waals surface area contributed by atoms with Gasteiger partial charge in [-0.05, 0) is 44.9 Å². The Bertz CT molecular complexity index is 757. The van der Waals surface area contributed by atoms with Crippen LogP contribution < -0.4 is 10.6 Å². The number of benzene rings is 2. The van der Waals surface area contributed by atoms with Crippen LogP contribution in [0.5, 0.6) is 0 Å². The summed E-state index contributed by atoms with van der Waals surface area (Å²) in [6, 6.07) is 16.0. The number of nitrogens with one attached hydrogen (secondary N) is 2. The van der Waals surface area contributed by atoms with Gasteiger partial charge >= 0.3 is 0 Å². The molecule has 23 heavy (non-hydrogen) atoms. The molecule has 3 rings (SSSR count). The van der Waals surface area contributed by atoms with E-state index in [1.165, 1.54) is 11.1 Å². The van der Waals surface area contributed by atoms with Crippen LogP contribution in [0.1, 0.15) is 30.5 Å². The lowest BCUT2D eigenvalue weighted by Crippen LogP contribution is -2.44. The number of amides is 1. The number of carbonyl (C=O) groups is 1. The van der Waals surface area contributed by atoms with Crippen molar-refractivity contribution in [2.45, 2.75) is 32.7 Å². The average molecular weight is 306 g/mol. The van der Waals surface area contributed by atoms with Crippen LogP contribution in [-0.2, 0) is 11.2 Å². The van der Waals surface area contributed by atoms with Crippen LogP contribution in [0, 0.1) is 6.92 Å². The van der Waals surface area contributed by atoms with Crippen molar-refractivity contribution in [2.24, 2.45) is 0 Å². The molecule has 0 aliphatic carbocycles. The molecule has 1 aliphatic heterocycles. The van der Waals surface area contributed by atoms with Crippen LogP contribution in [0.2, 0.25) is 0 Å². The number of anilines is 1. The first-order valence-corrected chi connectivity index (χ1v) is 7.89. The third-order valence-corrected chi connectivity index (χ3v) is 4.01. The highest BCUT2D eigenvalue weighted by Gasteiger charge is 2.27. The van der Waals surface area contributed by atoms with Crippen molar-refractivity contribution in [1.29, 1.82) is 0 Å². The number of hydrogen-bond donors (Lipinski definition) is 2. The summed E-state index contributed by atoms with van der Waals surface area (Å²) >= 11 is 0. The highest BCUT2D eigenvalue weighted by Crippen LogP contribution is 2.29. The Balaban J connectivity index is 1.86. The van der Waals surface area contributed by atoms with E-state index in [0.717, 1.165) is 23.4 Å². The number of carbonyl (C=O) groups excluding carboxylic acids is 1. The number of hydrogen-bond acceptors (Lipinski definition) is 2. The standard InChI is InChI=1S/C20H22N2O/c1-14-8-10-16(11-9-14)21-19(23)12-18-17-7-5-4-6-15(17)13-20(2,3)22-18/h4-12,22H,13H2,1-3H3,(H,21,23). The Morgan fingerprint density at radius 3 is 2.57 bits per heavy atom. The van der Waals surface area contributed by atoms with Crippen molar-refractivity contribution in [3.05, 3.63) is 71.3 Å². The fraction of sp³-hybridized carbons (Fsp3) is 0.250. The number of fused-ring (bicyclic) bond motifs is 1. The maximum Gasteiger partial charge on any atom is 0.250 e. The first-order chi connectivity index (χ1) is 10.9. The SMILES string of the molecule is Cc1ccc(NC(=O)C=C2NC(C)(C)Cc3ccccc32)cc1. The van der Waals surface area contributed by atoms with Gasteiger partial charge in [-0.25, -0.2) is 0 Å². The van der Waals surface area contributed by atoms with Gasteiger partial charge in [0.1, 0.15) is 0 Å². The summed E-state index contributed by atoms with van der Waals surface area (Å²) in [5.41, 5.74) is 5.16. The normalized spacial score (nSPS) is 17.3. The molecule has 0 atom stereocenters. The molecule has 0 bridgehead atoms. The van der Waals surface area contributed by atoms with Crippen LogP contribution in [0.15, 0.2) is 54.6 Å². The molecule has 2 N–H and O–H groups in total. The molecule has 3 heteroatoms. The molecule has 118 valence electrons. The van der Waals surface area contributed by atoms with E-state index in [1.54, 1.807) is 6.08 Å². The molecular formula is C20H22N2O. The summed E-state index contributed by atoms with van der Waals surface area (Å²) in [6.07, 6.45) is 2.60. The smallest absolute Gasteiger partial charge is 0.250 e. The first-order valence-electron chi connectivity index (χ1n) is 7.89. The molecule has 0 saturated carbocycles. The van der Waals surface area contributed by atoms with E-state index in [1.807, 2.05) is 43.3 Å². The fourth-order valence-corrected chi connectivity index (χ4v) is 2.95. The van der Waals surface area contributed by atoms with Gasteiger partial charge in [0.15, 0.2) is 0 Å². The van der Waals surface area contributed by atoms with E-state index < -0.39 is 0 Å². The molecule has 0 radical (unpaired) electrons. The predicted octanol–water partition coefficient (Wildman–Crippen LogP) is 3.90. The lowest BCUT2D eigenvalue weighted by Gasteiger charge is -2.35. The fourth-order valence-electron chi connectivity index (χ4n) is 2.95. The van der Waals surface area contributed by atoms with Gasteiger partial charge in [-0.3, -0.25) is 4.79 Å². The Kier molecular flexibility index (Phi) is 3.95. The summed E-state index contributed by atoms with van der Waals surface area (Å²) in [5.74, 6) is -0.121. The van der Waals surface area contributed by atoms with Crippen molar-refractivity contribution in [3.63, 3.8) is 0 Å². The zero-order valence-electron chi connectivity index (χ0n) is 13.8. The molecule has 0 unspecified atom stereocenters. The van der Waals surface area contributed by atoms with E-state index >= 15 is 0 Å². The summed E-state index contributed by atoms with van der Waals surface area (Å²) in [4.78, 5) is 12.4.